The lowest BCUT2D eigenvalue weighted by Crippen LogP contribution is -2.35. The van der Waals surface area contributed by atoms with Crippen LogP contribution >= 0.6 is 0 Å². The Morgan fingerprint density at radius 2 is 2.06 bits per heavy atom. The van der Waals surface area contributed by atoms with E-state index >= 15 is 0 Å². The van der Waals surface area contributed by atoms with E-state index in [1.807, 2.05) is 0 Å². The number of unbranched alkanes of at least 4 members (excludes halogenated alkanes) is 2. The number of hydrogen-bond acceptors (Lipinski definition) is 2. The van der Waals surface area contributed by atoms with Crippen molar-refractivity contribution in [2.45, 2.75) is 39.5 Å². The Labute approximate surface area is 99.4 Å². The molecular formula is C13H24N2O. The first-order valence-corrected chi connectivity index (χ1v) is 6.07. The van der Waals surface area contributed by atoms with Gasteiger partial charge in [0.15, 0.2) is 0 Å². The molecule has 0 heterocycles. The van der Waals surface area contributed by atoms with Crippen LogP contribution < -0.4 is 10.6 Å². The van der Waals surface area contributed by atoms with Gasteiger partial charge in [-0.15, -0.1) is 12.3 Å². The summed E-state index contributed by atoms with van der Waals surface area (Å²) in [7, 11) is 0. The molecule has 0 aliphatic carbocycles. The zero-order valence-corrected chi connectivity index (χ0v) is 10.5. The second-order valence-electron chi connectivity index (χ2n) is 4.37. The van der Waals surface area contributed by atoms with Crippen molar-refractivity contribution in [2.24, 2.45) is 5.92 Å². The smallest absolute Gasteiger partial charge is 0.233 e. The molecule has 0 aliphatic rings. The summed E-state index contributed by atoms with van der Waals surface area (Å²) in [5.74, 6) is 3.32. The molecule has 0 atom stereocenters. The Morgan fingerprint density at radius 3 is 2.69 bits per heavy atom. The average Bonchev–Trinajstić information content (AvgIpc) is 2.22. The second-order valence-corrected chi connectivity index (χ2v) is 4.37. The third kappa shape index (κ3) is 11.1. The Morgan fingerprint density at radius 1 is 1.31 bits per heavy atom. The molecule has 0 aliphatic heterocycles. The molecule has 3 nitrogen and oxygen atoms in total. The molecule has 0 aromatic carbocycles. The molecule has 2 N–H and O–H groups in total. The lowest BCUT2D eigenvalue weighted by Gasteiger charge is -2.07. The van der Waals surface area contributed by atoms with Crippen molar-refractivity contribution in [2.75, 3.05) is 19.6 Å². The predicted molar refractivity (Wildman–Crippen MR) is 68.0 cm³/mol. The van der Waals surface area contributed by atoms with E-state index in [4.69, 9.17) is 6.42 Å². The van der Waals surface area contributed by atoms with Crippen molar-refractivity contribution in [3.05, 3.63) is 0 Å². The zero-order valence-electron chi connectivity index (χ0n) is 10.5. The summed E-state index contributed by atoms with van der Waals surface area (Å²) in [6.07, 6.45) is 9.05. The fourth-order valence-corrected chi connectivity index (χ4v) is 1.24. The Hall–Kier alpha value is -1.01. The summed E-state index contributed by atoms with van der Waals surface area (Å²) < 4.78 is 0. The van der Waals surface area contributed by atoms with Gasteiger partial charge >= 0.3 is 0 Å². The van der Waals surface area contributed by atoms with Crippen LogP contribution in [0, 0.1) is 18.3 Å². The van der Waals surface area contributed by atoms with Gasteiger partial charge in [-0.25, -0.2) is 0 Å². The van der Waals surface area contributed by atoms with Gasteiger partial charge in [-0.3, -0.25) is 4.79 Å². The van der Waals surface area contributed by atoms with Gasteiger partial charge in [-0.2, -0.15) is 0 Å². The highest BCUT2D eigenvalue weighted by atomic mass is 16.1. The second kappa shape index (κ2) is 10.5. The van der Waals surface area contributed by atoms with Crippen LogP contribution in [0.15, 0.2) is 0 Å². The van der Waals surface area contributed by atoms with Gasteiger partial charge in [0.05, 0.1) is 6.54 Å². The quantitative estimate of drug-likeness (QED) is 0.461. The zero-order chi connectivity index (χ0) is 12.2. The van der Waals surface area contributed by atoms with Crippen molar-refractivity contribution >= 4 is 5.91 Å². The van der Waals surface area contributed by atoms with E-state index in [9.17, 15) is 4.79 Å². The number of carbonyl (C=O) groups excluding carboxylic acids is 1. The van der Waals surface area contributed by atoms with E-state index in [0.717, 1.165) is 38.8 Å². The van der Waals surface area contributed by atoms with Crippen LogP contribution in [-0.4, -0.2) is 25.5 Å². The molecule has 0 radical (unpaired) electrons. The van der Waals surface area contributed by atoms with E-state index < -0.39 is 0 Å². The highest BCUT2D eigenvalue weighted by molar-refractivity contribution is 5.77. The van der Waals surface area contributed by atoms with Crippen LogP contribution in [-0.2, 0) is 4.79 Å². The molecule has 0 rings (SSSR count). The number of terminal acetylenes is 1. The Kier molecular flexibility index (Phi) is 9.84. The van der Waals surface area contributed by atoms with Crippen molar-refractivity contribution in [3.8, 4) is 12.3 Å². The van der Waals surface area contributed by atoms with Gasteiger partial charge in [0.25, 0.3) is 0 Å². The predicted octanol–water partition coefficient (Wildman–Crippen LogP) is 1.54. The third-order valence-corrected chi connectivity index (χ3v) is 2.25. The molecule has 0 spiro atoms. The van der Waals surface area contributed by atoms with E-state index in [1.54, 1.807) is 0 Å². The molecule has 0 saturated carbocycles. The van der Waals surface area contributed by atoms with Crippen LogP contribution in [0.1, 0.15) is 39.5 Å². The maximum absolute atomic E-state index is 11.3. The molecule has 0 saturated heterocycles. The van der Waals surface area contributed by atoms with Crippen LogP contribution in [0.25, 0.3) is 0 Å². The number of carbonyl (C=O) groups is 1. The summed E-state index contributed by atoms with van der Waals surface area (Å²) in [6, 6.07) is 0. The first-order valence-electron chi connectivity index (χ1n) is 6.07. The summed E-state index contributed by atoms with van der Waals surface area (Å²) in [5, 5.41) is 5.98. The summed E-state index contributed by atoms with van der Waals surface area (Å²) in [5.41, 5.74) is 0. The van der Waals surface area contributed by atoms with Gasteiger partial charge in [-0.05, 0) is 31.7 Å². The van der Waals surface area contributed by atoms with Gasteiger partial charge < -0.3 is 10.6 Å². The van der Waals surface area contributed by atoms with Gasteiger partial charge in [0.1, 0.15) is 0 Å². The van der Waals surface area contributed by atoms with Crippen molar-refractivity contribution in [1.29, 1.82) is 0 Å². The molecular weight excluding hydrogens is 200 g/mol. The SMILES string of the molecule is C#CCCCCNCC(=O)NCCC(C)C. The molecule has 0 aromatic rings. The Bertz CT molecular complexity index is 218. The maximum Gasteiger partial charge on any atom is 0.233 e. The van der Waals surface area contributed by atoms with Crippen LogP contribution in [0.4, 0.5) is 0 Å². The summed E-state index contributed by atoms with van der Waals surface area (Å²) in [6.45, 7) is 6.34. The molecule has 92 valence electrons. The van der Waals surface area contributed by atoms with E-state index in [0.29, 0.717) is 12.5 Å². The first kappa shape index (κ1) is 15.0. The average molecular weight is 224 g/mol. The number of nitrogens with one attached hydrogen (secondary N) is 2. The molecule has 0 aromatic heterocycles. The molecule has 0 unspecified atom stereocenters. The van der Waals surface area contributed by atoms with Crippen LogP contribution in [0.5, 0.6) is 0 Å². The minimum absolute atomic E-state index is 0.0811. The molecule has 1 amide bonds. The topological polar surface area (TPSA) is 41.1 Å². The normalized spacial score (nSPS) is 10.1. The highest BCUT2D eigenvalue weighted by Gasteiger charge is 2.00. The minimum atomic E-state index is 0.0811. The molecule has 3 heteroatoms. The minimum Gasteiger partial charge on any atom is -0.355 e. The van der Waals surface area contributed by atoms with Gasteiger partial charge in [0, 0.05) is 13.0 Å². The monoisotopic (exact) mass is 224 g/mol. The van der Waals surface area contributed by atoms with Crippen molar-refractivity contribution < 1.29 is 4.79 Å². The van der Waals surface area contributed by atoms with Crippen LogP contribution in [0.2, 0.25) is 0 Å². The summed E-state index contributed by atoms with van der Waals surface area (Å²) in [4.78, 5) is 11.3. The van der Waals surface area contributed by atoms with E-state index in [2.05, 4.69) is 30.4 Å². The van der Waals surface area contributed by atoms with Crippen molar-refractivity contribution in [3.63, 3.8) is 0 Å². The standard InChI is InChI=1S/C13H24N2O/c1-4-5-6-7-9-14-11-13(16)15-10-8-12(2)3/h1,12,14H,5-11H2,2-3H3,(H,15,16). The number of amides is 1. The van der Waals surface area contributed by atoms with Crippen LogP contribution in [0.3, 0.4) is 0 Å². The van der Waals surface area contributed by atoms with Gasteiger partial charge in [-0.1, -0.05) is 13.8 Å². The fraction of sp³-hybridized carbons (Fsp3) is 0.769. The lowest BCUT2D eigenvalue weighted by molar-refractivity contribution is -0.120. The van der Waals surface area contributed by atoms with E-state index in [1.165, 1.54) is 0 Å². The van der Waals surface area contributed by atoms with Crippen molar-refractivity contribution in [1.82, 2.24) is 10.6 Å². The molecule has 0 fully saturated rings. The Balaban J connectivity index is 3.21. The number of rotatable bonds is 9. The third-order valence-electron chi connectivity index (χ3n) is 2.25. The maximum atomic E-state index is 11.3. The molecule has 0 bridgehead atoms. The first-order chi connectivity index (χ1) is 7.66. The highest BCUT2D eigenvalue weighted by Crippen LogP contribution is 1.95. The largest absolute Gasteiger partial charge is 0.355 e. The van der Waals surface area contributed by atoms with E-state index in [-0.39, 0.29) is 5.91 Å². The number of hydrogen-bond donors (Lipinski definition) is 2. The summed E-state index contributed by atoms with van der Waals surface area (Å²) >= 11 is 0. The lowest BCUT2D eigenvalue weighted by atomic mass is 10.1. The molecule has 16 heavy (non-hydrogen) atoms. The fourth-order valence-electron chi connectivity index (χ4n) is 1.24. The van der Waals surface area contributed by atoms with Gasteiger partial charge in [0.2, 0.25) is 5.91 Å².